The normalized spacial score (nSPS) is 38.7. The van der Waals surface area contributed by atoms with Crippen molar-refractivity contribution in [2.24, 2.45) is 5.92 Å². The number of esters is 3. The van der Waals surface area contributed by atoms with Gasteiger partial charge in [-0.25, -0.2) is 0 Å². The molecule has 5 saturated heterocycles. The predicted molar refractivity (Wildman–Crippen MR) is 311 cm³/mol. The molecule has 5 aliphatic heterocycles. The molecule has 0 saturated carbocycles. The van der Waals surface area contributed by atoms with Crippen LogP contribution in [0.2, 0.25) is 0 Å². The second kappa shape index (κ2) is 38.7. The van der Waals surface area contributed by atoms with E-state index in [1.165, 1.54) is 27.9 Å². The molecule has 26 nitrogen and oxygen atoms in total. The molecular weight excluding hydrogens is 1160 g/mol. The molecule has 5 heterocycles. The number of unbranched alkanes of at least 4 members (excludes halogenated alkanes) is 14. The molecule has 0 spiro atoms. The molecule has 88 heavy (non-hydrogen) atoms. The molecule has 5 fully saturated rings. The van der Waals surface area contributed by atoms with Gasteiger partial charge in [-0.15, -0.1) is 0 Å². The first-order chi connectivity index (χ1) is 42.0. The van der Waals surface area contributed by atoms with Crippen molar-refractivity contribution in [2.45, 2.75) is 356 Å². The summed E-state index contributed by atoms with van der Waals surface area (Å²) in [4.78, 5) is 38.5. The van der Waals surface area contributed by atoms with Crippen molar-refractivity contribution in [2.75, 3.05) is 13.7 Å². The van der Waals surface area contributed by atoms with E-state index in [0.29, 0.717) is 38.5 Å². The quantitative estimate of drug-likeness (QED) is 0.0243. The highest BCUT2D eigenvalue weighted by molar-refractivity contribution is 5.72. The molecule has 514 valence electrons. The summed E-state index contributed by atoms with van der Waals surface area (Å²) in [6.45, 7) is 12.8. The summed E-state index contributed by atoms with van der Waals surface area (Å²) in [5, 5.41) is 113. The highest BCUT2D eigenvalue weighted by Gasteiger charge is 2.58. The van der Waals surface area contributed by atoms with E-state index in [1.807, 2.05) is 6.92 Å². The van der Waals surface area contributed by atoms with E-state index in [0.717, 1.165) is 96.3 Å². The van der Waals surface area contributed by atoms with Crippen LogP contribution in [0.1, 0.15) is 197 Å². The summed E-state index contributed by atoms with van der Waals surface area (Å²) in [6, 6.07) is 0. The lowest BCUT2D eigenvalue weighted by atomic mass is 9.95. The van der Waals surface area contributed by atoms with Gasteiger partial charge >= 0.3 is 17.9 Å². The highest BCUT2D eigenvalue weighted by atomic mass is 16.8. The van der Waals surface area contributed by atoms with E-state index in [1.54, 1.807) is 20.8 Å². The molecule has 0 aromatic rings. The van der Waals surface area contributed by atoms with Crippen LogP contribution in [0.4, 0.5) is 0 Å². The van der Waals surface area contributed by atoms with E-state index in [2.05, 4.69) is 6.92 Å². The van der Waals surface area contributed by atoms with Crippen molar-refractivity contribution >= 4 is 17.9 Å². The van der Waals surface area contributed by atoms with Crippen molar-refractivity contribution in [1.29, 1.82) is 0 Å². The fraction of sp³-hybridized carbons (Fsp3) is 0.952. The average Bonchev–Trinajstić information content (AvgIpc) is 1.82. The zero-order valence-electron chi connectivity index (χ0n) is 53.4. The van der Waals surface area contributed by atoms with Gasteiger partial charge in [-0.05, 0) is 59.8 Å². The average molecular weight is 1270 g/mol. The fourth-order valence-electron chi connectivity index (χ4n) is 11.8. The van der Waals surface area contributed by atoms with Crippen LogP contribution >= 0.6 is 0 Å². The van der Waals surface area contributed by atoms with E-state index in [9.17, 15) is 65.4 Å². The Morgan fingerprint density at radius 2 is 0.864 bits per heavy atom. The third-order valence-electron chi connectivity index (χ3n) is 17.7. The molecule has 27 atom stereocenters. The first-order valence-electron chi connectivity index (χ1n) is 32.8. The molecule has 0 aliphatic carbocycles. The molecule has 10 N–H and O–H groups in total. The Balaban J connectivity index is 1.39. The van der Waals surface area contributed by atoms with Crippen LogP contribution in [0.5, 0.6) is 0 Å². The summed E-state index contributed by atoms with van der Waals surface area (Å²) >= 11 is 0. The fourth-order valence-corrected chi connectivity index (χ4v) is 11.8. The van der Waals surface area contributed by atoms with Crippen LogP contribution in [-0.4, -0.2) is 242 Å². The number of rotatable bonds is 37. The van der Waals surface area contributed by atoms with Crippen molar-refractivity contribution in [1.82, 2.24) is 0 Å². The van der Waals surface area contributed by atoms with E-state index >= 15 is 0 Å². The zero-order chi connectivity index (χ0) is 64.8. The van der Waals surface area contributed by atoms with E-state index in [4.69, 9.17) is 61.6 Å². The van der Waals surface area contributed by atoms with Gasteiger partial charge in [-0.1, -0.05) is 124 Å². The standard InChI is InChI=1S/C62H110O26/c1-10-13-14-15-16-17-20-24-27-31-41(65)83-56-55(88-60-48(72)44(68)43(67)39(32-63)82-60)53(86-58-49(73)46(70)51(35(6)78-58)84-57(75)33(4)12-3)37(8)80-62(56)85-52-36(7)79-59(50(74)47(52)71)87-54-45(69)42(66)34(5)77-61(54)81-38(28-11-2)29-25-22-19-18-21-23-26-30-40(64)76-9/h33-39,42-56,58-63,66-74H,10-32H2,1-9H3/t33-,34+,35+,36-,37-,38-,39+,42+,43+,44-,45-,46+,47-,48+,49-,50+,51+,52-,53-,54+,55+,56+,58-,59+,60-,61-,62+/m0/s1. The summed E-state index contributed by atoms with van der Waals surface area (Å²) in [5.74, 6) is -2.17. The number of hydrogen-bond acceptors (Lipinski definition) is 26. The maximum absolute atomic E-state index is 14.2. The number of ether oxygens (including phenoxy) is 13. The third kappa shape index (κ3) is 21.8. The van der Waals surface area contributed by atoms with Gasteiger partial charge in [0.2, 0.25) is 0 Å². The smallest absolute Gasteiger partial charge is 0.309 e. The van der Waals surface area contributed by atoms with Gasteiger partial charge in [0.15, 0.2) is 43.7 Å². The van der Waals surface area contributed by atoms with Crippen molar-refractivity contribution in [3.63, 3.8) is 0 Å². The van der Waals surface area contributed by atoms with Crippen LogP contribution < -0.4 is 0 Å². The van der Waals surface area contributed by atoms with Crippen LogP contribution in [0.25, 0.3) is 0 Å². The lowest BCUT2D eigenvalue weighted by molar-refractivity contribution is -0.400. The van der Waals surface area contributed by atoms with Crippen LogP contribution in [0.15, 0.2) is 0 Å². The minimum Gasteiger partial charge on any atom is -0.469 e. The van der Waals surface area contributed by atoms with Gasteiger partial charge in [-0.2, -0.15) is 0 Å². The second-order valence-corrected chi connectivity index (χ2v) is 24.8. The van der Waals surface area contributed by atoms with Gasteiger partial charge in [-0.3, -0.25) is 14.4 Å². The summed E-state index contributed by atoms with van der Waals surface area (Å²) in [6.07, 6.45) is -22.5. The van der Waals surface area contributed by atoms with Gasteiger partial charge < -0.3 is 113 Å². The summed E-state index contributed by atoms with van der Waals surface area (Å²) < 4.78 is 79.3. The predicted octanol–water partition coefficient (Wildman–Crippen LogP) is 3.13. The maximum atomic E-state index is 14.2. The van der Waals surface area contributed by atoms with Crippen molar-refractivity contribution < 1.29 is 127 Å². The minimum atomic E-state index is -2.01. The maximum Gasteiger partial charge on any atom is 0.309 e. The Morgan fingerprint density at radius 3 is 1.43 bits per heavy atom. The Hall–Kier alpha value is -2.39. The topological polar surface area (TPSA) is 374 Å². The molecule has 0 aromatic carbocycles. The number of methoxy groups -OCH3 is 1. The highest BCUT2D eigenvalue weighted by Crippen LogP contribution is 2.39. The molecule has 0 bridgehead atoms. The van der Waals surface area contributed by atoms with Gasteiger partial charge in [0.1, 0.15) is 85.5 Å². The lowest BCUT2D eigenvalue weighted by Crippen LogP contribution is -2.68. The van der Waals surface area contributed by atoms with E-state index < -0.39 is 178 Å². The number of hydrogen-bond donors (Lipinski definition) is 10. The molecule has 0 amide bonds. The Morgan fingerprint density at radius 1 is 0.409 bits per heavy atom. The third-order valence-corrected chi connectivity index (χ3v) is 17.7. The number of carbonyl (C=O) groups excluding carboxylic acids is 3. The van der Waals surface area contributed by atoms with Gasteiger partial charge in [0.05, 0.1) is 50.2 Å². The molecule has 0 radical (unpaired) electrons. The SMILES string of the molecule is CCCCCCCCCCCC(=O)O[C@H]1[C@@H](O[C@@H]2[C@@H](O)[C@@H](O)[C@@H](O[C@H]3[C@H](O[C@@H](CCC)CCCCCCCCCC(=O)OC)O[C@H](C)[C@@H](O)[C@@H]3O)O[C@H]2C)O[C@@H](C)[C@H](O[C@@H]2O[C@H](C)[C@@H](OC(=O)[C@@H](C)CC)[C@H](O)[C@@H]2O)[C@H]1O[C@@H]1O[C@H](CO)[C@@H](O)[C@H](O)[C@H]1O. The van der Waals surface area contributed by atoms with Gasteiger partial charge in [0.25, 0.3) is 0 Å². The van der Waals surface area contributed by atoms with Crippen LogP contribution in [0.3, 0.4) is 0 Å². The molecule has 0 unspecified atom stereocenters. The number of aliphatic hydroxyl groups is 10. The summed E-state index contributed by atoms with van der Waals surface area (Å²) in [7, 11) is 1.38. The lowest BCUT2D eigenvalue weighted by Gasteiger charge is -2.51. The molecular formula is C62H110O26. The Labute approximate surface area is 519 Å². The van der Waals surface area contributed by atoms with Crippen LogP contribution in [0, 0.1) is 5.92 Å². The Kier molecular flexibility index (Phi) is 33.6. The van der Waals surface area contributed by atoms with Crippen molar-refractivity contribution in [3.8, 4) is 0 Å². The van der Waals surface area contributed by atoms with Crippen LogP contribution in [-0.2, 0) is 76.0 Å². The number of aliphatic hydroxyl groups excluding tert-OH is 10. The first-order valence-corrected chi connectivity index (χ1v) is 32.8. The zero-order valence-corrected chi connectivity index (χ0v) is 53.4. The summed E-state index contributed by atoms with van der Waals surface area (Å²) in [5.41, 5.74) is 0. The number of carbonyl (C=O) groups is 3. The minimum absolute atomic E-state index is 0.114. The largest absolute Gasteiger partial charge is 0.469 e. The molecule has 5 aliphatic rings. The van der Waals surface area contributed by atoms with Crippen molar-refractivity contribution in [3.05, 3.63) is 0 Å². The monoisotopic (exact) mass is 1270 g/mol. The molecule has 5 rings (SSSR count). The van der Waals surface area contributed by atoms with E-state index in [-0.39, 0.29) is 18.5 Å². The molecule has 26 heteroatoms. The second-order valence-electron chi connectivity index (χ2n) is 24.8. The Bertz CT molecular complexity index is 1970. The molecule has 0 aromatic heterocycles. The van der Waals surface area contributed by atoms with Gasteiger partial charge in [0, 0.05) is 12.8 Å². The first kappa shape index (κ1) is 76.3.